The SMILES string of the molecule is COc1ccc(-c2ccc(S(=O)(=O)N3CCSC(C)(C)[C@@H]3C(=O)O)cc2)cc1OC. The highest BCUT2D eigenvalue weighted by molar-refractivity contribution is 8.00. The molecule has 1 atom stereocenters. The lowest BCUT2D eigenvalue weighted by molar-refractivity contribution is -0.142. The Bertz CT molecular complexity index is 1030. The van der Waals surface area contributed by atoms with E-state index in [9.17, 15) is 18.3 Å². The molecule has 1 aliphatic rings. The molecule has 1 saturated heterocycles. The van der Waals surface area contributed by atoms with Crippen molar-refractivity contribution in [2.24, 2.45) is 0 Å². The van der Waals surface area contributed by atoms with Gasteiger partial charge in [-0.05, 0) is 49.2 Å². The minimum Gasteiger partial charge on any atom is -0.493 e. The molecule has 0 radical (unpaired) electrons. The van der Waals surface area contributed by atoms with Crippen molar-refractivity contribution < 1.29 is 27.8 Å². The molecule has 7 nitrogen and oxygen atoms in total. The highest BCUT2D eigenvalue weighted by Gasteiger charge is 2.48. The molecule has 1 N–H and O–H groups in total. The van der Waals surface area contributed by atoms with Gasteiger partial charge in [0, 0.05) is 17.0 Å². The number of methoxy groups -OCH3 is 2. The van der Waals surface area contributed by atoms with Gasteiger partial charge in [0.2, 0.25) is 10.0 Å². The average Bonchev–Trinajstić information content (AvgIpc) is 2.72. The molecule has 0 amide bonds. The first-order chi connectivity index (χ1) is 14.1. The number of benzene rings is 2. The number of thioether (sulfide) groups is 1. The first-order valence-electron chi connectivity index (χ1n) is 9.33. The quantitative estimate of drug-likeness (QED) is 0.720. The molecule has 1 aliphatic heterocycles. The molecular formula is C21H25NO6S2. The van der Waals surface area contributed by atoms with Gasteiger partial charge in [0.15, 0.2) is 11.5 Å². The van der Waals surface area contributed by atoms with Crippen LogP contribution in [-0.2, 0) is 14.8 Å². The molecule has 0 aliphatic carbocycles. The number of ether oxygens (including phenoxy) is 2. The predicted octanol–water partition coefficient (Wildman–Crippen LogP) is 3.34. The largest absolute Gasteiger partial charge is 0.493 e. The Morgan fingerprint density at radius 3 is 2.23 bits per heavy atom. The highest BCUT2D eigenvalue weighted by Crippen LogP contribution is 2.39. The van der Waals surface area contributed by atoms with Crippen molar-refractivity contribution in [2.45, 2.75) is 29.5 Å². The number of hydrogen-bond acceptors (Lipinski definition) is 6. The van der Waals surface area contributed by atoms with Gasteiger partial charge in [-0.2, -0.15) is 16.1 Å². The Morgan fingerprint density at radius 1 is 1.07 bits per heavy atom. The standard InChI is InChI=1S/C21H25NO6S2/c1-21(2)19(20(23)24)22(11-12-29-21)30(25,26)16-8-5-14(6-9-16)15-7-10-17(27-3)18(13-15)28-4/h5-10,13,19H,11-12H2,1-4H3,(H,23,24)/t19-/m0/s1. The molecule has 0 saturated carbocycles. The molecule has 1 heterocycles. The van der Waals surface area contributed by atoms with Crippen molar-refractivity contribution in [3.63, 3.8) is 0 Å². The van der Waals surface area contributed by atoms with Crippen molar-refractivity contribution in [3.8, 4) is 22.6 Å². The molecule has 0 spiro atoms. The summed E-state index contributed by atoms with van der Waals surface area (Å²) in [6.45, 7) is 3.68. The van der Waals surface area contributed by atoms with E-state index in [4.69, 9.17) is 9.47 Å². The van der Waals surface area contributed by atoms with E-state index in [-0.39, 0.29) is 11.4 Å². The number of carboxylic acids is 1. The van der Waals surface area contributed by atoms with Crippen molar-refractivity contribution >= 4 is 27.8 Å². The fraction of sp³-hybridized carbons (Fsp3) is 0.381. The first-order valence-corrected chi connectivity index (χ1v) is 11.8. The third-order valence-corrected chi connectivity index (χ3v) is 8.38. The summed E-state index contributed by atoms with van der Waals surface area (Å²) in [7, 11) is -0.848. The fourth-order valence-corrected chi connectivity index (χ4v) is 6.70. The third kappa shape index (κ3) is 4.14. The minimum atomic E-state index is -3.96. The monoisotopic (exact) mass is 451 g/mol. The summed E-state index contributed by atoms with van der Waals surface area (Å²) in [5.74, 6) is 0.576. The zero-order valence-electron chi connectivity index (χ0n) is 17.3. The van der Waals surface area contributed by atoms with Crippen LogP contribution in [0.4, 0.5) is 0 Å². The molecule has 0 bridgehead atoms. The van der Waals surface area contributed by atoms with Gasteiger partial charge < -0.3 is 14.6 Å². The second kappa shape index (κ2) is 8.49. The number of hydrogen-bond donors (Lipinski definition) is 1. The summed E-state index contributed by atoms with van der Waals surface area (Å²) in [5, 5.41) is 9.70. The van der Waals surface area contributed by atoms with Crippen LogP contribution < -0.4 is 9.47 Å². The van der Waals surface area contributed by atoms with Gasteiger partial charge in [0.1, 0.15) is 6.04 Å². The number of aliphatic carboxylic acids is 1. The normalized spacial score (nSPS) is 19.3. The van der Waals surface area contributed by atoms with Crippen LogP contribution in [0.25, 0.3) is 11.1 Å². The zero-order valence-corrected chi connectivity index (χ0v) is 18.9. The smallest absolute Gasteiger partial charge is 0.323 e. The fourth-order valence-electron chi connectivity index (χ4n) is 3.60. The molecule has 30 heavy (non-hydrogen) atoms. The van der Waals surface area contributed by atoms with Crippen LogP contribution in [0, 0.1) is 0 Å². The lowest BCUT2D eigenvalue weighted by atomic mass is 10.0. The van der Waals surface area contributed by atoms with Gasteiger partial charge in [-0.1, -0.05) is 18.2 Å². The Morgan fingerprint density at radius 2 is 1.67 bits per heavy atom. The van der Waals surface area contributed by atoms with Gasteiger partial charge in [-0.25, -0.2) is 8.42 Å². The van der Waals surface area contributed by atoms with Crippen LogP contribution in [-0.4, -0.2) is 61.1 Å². The number of nitrogens with zero attached hydrogens (tertiary/aromatic N) is 1. The zero-order chi connectivity index (χ0) is 22.1. The molecule has 162 valence electrons. The number of carboxylic acid groups (broad SMARTS) is 1. The van der Waals surface area contributed by atoms with Crippen LogP contribution >= 0.6 is 11.8 Å². The molecule has 1 fully saturated rings. The molecular weight excluding hydrogens is 426 g/mol. The number of carbonyl (C=O) groups is 1. The van der Waals surface area contributed by atoms with Crippen molar-refractivity contribution in [1.29, 1.82) is 0 Å². The Balaban J connectivity index is 1.94. The summed E-state index contributed by atoms with van der Waals surface area (Å²) < 4.78 is 37.4. The highest BCUT2D eigenvalue weighted by atomic mass is 32.2. The van der Waals surface area contributed by atoms with E-state index in [0.29, 0.717) is 17.3 Å². The van der Waals surface area contributed by atoms with Crippen LogP contribution in [0.1, 0.15) is 13.8 Å². The van der Waals surface area contributed by atoms with Gasteiger partial charge in [-0.15, -0.1) is 0 Å². The van der Waals surface area contributed by atoms with Gasteiger partial charge in [0.25, 0.3) is 0 Å². The van der Waals surface area contributed by atoms with Crippen LogP contribution in [0.3, 0.4) is 0 Å². The summed E-state index contributed by atoms with van der Waals surface area (Å²) >= 11 is 1.47. The van der Waals surface area contributed by atoms with E-state index in [2.05, 4.69) is 0 Å². The van der Waals surface area contributed by atoms with Crippen LogP contribution in [0.15, 0.2) is 47.4 Å². The van der Waals surface area contributed by atoms with Gasteiger partial charge >= 0.3 is 5.97 Å². The van der Waals surface area contributed by atoms with E-state index in [0.717, 1.165) is 15.4 Å². The minimum absolute atomic E-state index is 0.0701. The molecule has 0 aromatic heterocycles. The maximum absolute atomic E-state index is 13.2. The lowest BCUT2D eigenvalue weighted by Gasteiger charge is -2.42. The van der Waals surface area contributed by atoms with Gasteiger partial charge in [-0.3, -0.25) is 4.79 Å². The third-order valence-electron chi connectivity index (χ3n) is 5.14. The van der Waals surface area contributed by atoms with Crippen molar-refractivity contribution in [1.82, 2.24) is 4.31 Å². The number of sulfonamides is 1. The lowest BCUT2D eigenvalue weighted by Crippen LogP contribution is -2.58. The number of rotatable bonds is 6. The van der Waals surface area contributed by atoms with Crippen molar-refractivity contribution in [2.75, 3.05) is 26.5 Å². The van der Waals surface area contributed by atoms with Gasteiger partial charge in [0.05, 0.1) is 19.1 Å². The van der Waals surface area contributed by atoms with E-state index in [1.165, 1.54) is 23.9 Å². The van der Waals surface area contributed by atoms with E-state index < -0.39 is 26.8 Å². The predicted molar refractivity (Wildman–Crippen MR) is 117 cm³/mol. The molecule has 3 rings (SSSR count). The van der Waals surface area contributed by atoms with Crippen molar-refractivity contribution in [3.05, 3.63) is 42.5 Å². The maximum Gasteiger partial charge on any atom is 0.323 e. The van der Waals surface area contributed by atoms with E-state index in [1.54, 1.807) is 46.3 Å². The molecule has 9 heteroatoms. The van der Waals surface area contributed by atoms with Crippen LogP contribution in [0.2, 0.25) is 0 Å². The molecule has 0 unspecified atom stereocenters. The van der Waals surface area contributed by atoms with E-state index in [1.807, 2.05) is 12.1 Å². The second-order valence-corrected chi connectivity index (χ2v) is 11.0. The summed E-state index contributed by atoms with van der Waals surface area (Å²) in [6, 6.07) is 10.7. The Hall–Kier alpha value is -2.23. The molecule has 2 aromatic carbocycles. The topological polar surface area (TPSA) is 93.1 Å². The van der Waals surface area contributed by atoms with Crippen LogP contribution in [0.5, 0.6) is 11.5 Å². The average molecular weight is 452 g/mol. The Labute approximate surface area is 181 Å². The summed E-state index contributed by atoms with van der Waals surface area (Å²) in [4.78, 5) is 11.9. The first kappa shape index (κ1) is 22.5. The summed E-state index contributed by atoms with van der Waals surface area (Å²) in [6.07, 6.45) is 0. The maximum atomic E-state index is 13.2. The van der Waals surface area contributed by atoms with E-state index >= 15 is 0 Å². The Kier molecular flexibility index (Phi) is 6.35. The molecule has 2 aromatic rings. The second-order valence-electron chi connectivity index (χ2n) is 7.40. The summed E-state index contributed by atoms with van der Waals surface area (Å²) in [5.41, 5.74) is 1.65.